The number of unbranched alkanes of at least 4 members (excludes halogenated alkanes) is 2. The first-order valence-corrected chi connectivity index (χ1v) is 9.79. The number of aromatic amines is 1. The molecule has 2 aromatic heterocycles. The number of rotatable bonds is 6. The van der Waals surface area contributed by atoms with Crippen LogP contribution in [0.4, 0.5) is 0 Å². The van der Waals surface area contributed by atoms with Crippen molar-refractivity contribution in [1.82, 2.24) is 9.97 Å². The lowest BCUT2D eigenvalue weighted by Gasteiger charge is -2.04. The molecule has 0 unspecified atom stereocenters. The highest BCUT2D eigenvalue weighted by Crippen LogP contribution is 2.31. The maximum absolute atomic E-state index is 7.82. The minimum absolute atomic E-state index is 0.657. The summed E-state index contributed by atoms with van der Waals surface area (Å²) < 4.78 is 5.21. The predicted molar refractivity (Wildman–Crippen MR) is 119 cm³/mol. The van der Waals surface area contributed by atoms with Crippen LogP contribution >= 0.6 is 0 Å². The summed E-state index contributed by atoms with van der Waals surface area (Å²) in [6.07, 6.45) is 5.24. The lowest BCUT2D eigenvalue weighted by molar-refractivity contribution is 0.415. The van der Waals surface area contributed by atoms with Crippen LogP contribution in [0.5, 0.6) is 5.75 Å². The molecule has 0 atom stereocenters. The number of azide groups is 1. The van der Waals surface area contributed by atoms with E-state index in [-0.39, 0.29) is 0 Å². The summed E-state index contributed by atoms with van der Waals surface area (Å²) in [6, 6.07) is 18.4. The zero-order valence-electron chi connectivity index (χ0n) is 16.8. The molecule has 4 aromatic rings. The molecular formula is C23H25N5O. The third-order valence-electron chi connectivity index (χ3n) is 4.72. The van der Waals surface area contributed by atoms with Crippen molar-refractivity contribution in [3.05, 3.63) is 71.2 Å². The van der Waals surface area contributed by atoms with E-state index in [1.165, 1.54) is 23.6 Å². The van der Waals surface area contributed by atoms with Crippen molar-refractivity contribution in [2.24, 2.45) is 5.11 Å². The molecule has 148 valence electrons. The van der Waals surface area contributed by atoms with E-state index in [1.54, 1.807) is 7.11 Å². The Morgan fingerprint density at radius 2 is 1.83 bits per heavy atom. The third-order valence-corrected chi connectivity index (χ3v) is 4.72. The average Bonchev–Trinajstić information content (AvgIpc) is 3.16. The molecule has 6 nitrogen and oxygen atoms in total. The molecule has 2 aromatic carbocycles. The Hall–Kier alpha value is -3.50. The molecule has 0 radical (unpaired) electrons. The van der Waals surface area contributed by atoms with Crippen molar-refractivity contribution in [3.63, 3.8) is 0 Å². The van der Waals surface area contributed by atoms with Gasteiger partial charge in [-0.2, -0.15) is 0 Å². The van der Waals surface area contributed by atoms with Crippen LogP contribution in [0.25, 0.3) is 43.5 Å². The molecular weight excluding hydrogens is 362 g/mol. The molecule has 0 amide bonds. The van der Waals surface area contributed by atoms with E-state index in [1.807, 2.05) is 36.5 Å². The molecule has 1 N–H and O–H groups in total. The lowest BCUT2D eigenvalue weighted by Crippen LogP contribution is -1.86. The van der Waals surface area contributed by atoms with E-state index in [2.05, 4.69) is 51.2 Å². The van der Waals surface area contributed by atoms with E-state index in [4.69, 9.17) is 10.3 Å². The summed E-state index contributed by atoms with van der Waals surface area (Å²) in [5.41, 5.74) is 12.1. The van der Waals surface area contributed by atoms with Gasteiger partial charge in [-0.05, 0) is 48.4 Å². The number of para-hydroxylation sites is 1. The number of nitrogens with one attached hydrogen (secondary N) is 1. The number of ether oxygens (including phenoxy) is 1. The number of hydrogen-bond acceptors (Lipinski definition) is 3. The van der Waals surface area contributed by atoms with E-state index in [9.17, 15) is 0 Å². The minimum atomic E-state index is 0.657. The fraction of sp³-hybridized carbons (Fsp3) is 0.261. The van der Waals surface area contributed by atoms with Crippen LogP contribution in [0.2, 0.25) is 0 Å². The van der Waals surface area contributed by atoms with Gasteiger partial charge in [0, 0.05) is 39.5 Å². The summed E-state index contributed by atoms with van der Waals surface area (Å²) in [4.78, 5) is 10.7. The first-order chi connectivity index (χ1) is 14.3. The van der Waals surface area contributed by atoms with Crippen molar-refractivity contribution in [2.45, 2.75) is 26.2 Å². The van der Waals surface area contributed by atoms with Gasteiger partial charge in [-0.1, -0.05) is 43.1 Å². The number of nitrogens with zero attached hydrogens (tertiary/aromatic N) is 4. The molecule has 6 heteroatoms. The average molecular weight is 387 g/mol. The molecule has 0 spiro atoms. The number of pyridine rings is 1. The molecule has 0 aliphatic carbocycles. The molecule has 0 saturated heterocycles. The van der Waals surface area contributed by atoms with Crippen LogP contribution in [0.15, 0.2) is 65.9 Å². The van der Waals surface area contributed by atoms with Crippen LogP contribution in [-0.4, -0.2) is 23.6 Å². The van der Waals surface area contributed by atoms with Crippen LogP contribution in [0.3, 0.4) is 0 Å². The first kappa shape index (κ1) is 20.2. The quantitative estimate of drug-likeness (QED) is 0.169. The first-order valence-electron chi connectivity index (χ1n) is 9.79. The van der Waals surface area contributed by atoms with Gasteiger partial charge in [0.05, 0.1) is 18.3 Å². The van der Waals surface area contributed by atoms with E-state index < -0.39 is 0 Å². The fourth-order valence-corrected chi connectivity index (χ4v) is 3.22. The molecule has 0 aliphatic heterocycles. The minimum Gasteiger partial charge on any atom is -0.497 e. The number of benzene rings is 2. The highest BCUT2D eigenvalue weighted by Gasteiger charge is 2.10. The van der Waals surface area contributed by atoms with Crippen molar-refractivity contribution in [3.8, 4) is 17.0 Å². The second-order valence-corrected chi connectivity index (χ2v) is 6.64. The van der Waals surface area contributed by atoms with Gasteiger partial charge in [-0.25, -0.2) is 0 Å². The normalized spacial score (nSPS) is 10.3. The maximum Gasteiger partial charge on any atom is 0.118 e. The molecule has 0 fully saturated rings. The topological polar surface area (TPSA) is 86.7 Å². The van der Waals surface area contributed by atoms with Gasteiger partial charge in [0.2, 0.25) is 0 Å². The van der Waals surface area contributed by atoms with Crippen LogP contribution in [-0.2, 0) is 0 Å². The summed E-state index contributed by atoms with van der Waals surface area (Å²) in [5.74, 6) is 0.850. The van der Waals surface area contributed by atoms with Gasteiger partial charge in [0.15, 0.2) is 0 Å². The Labute approximate surface area is 170 Å². The van der Waals surface area contributed by atoms with Gasteiger partial charge < -0.3 is 9.72 Å². The third kappa shape index (κ3) is 4.86. The van der Waals surface area contributed by atoms with Crippen LogP contribution in [0.1, 0.15) is 26.2 Å². The van der Waals surface area contributed by atoms with Gasteiger partial charge >= 0.3 is 0 Å². The largest absolute Gasteiger partial charge is 0.497 e. The van der Waals surface area contributed by atoms with E-state index in [0.29, 0.717) is 6.54 Å². The van der Waals surface area contributed by atoms with E-state index in [0.717, 1.165) is 34.5 Å². The van der Waals surface area contributed by atoms with Gasteiger partial charge in [-0.15, -0.1) is 0 Å². The maximum atomic E-state index is 7.82. The zero-order valence-corrected chi connectivity index (χ0v) is 16.8. The highest BCUT2D eigenvalue weighted by molar-refractivity contribution is 6.10. The molecule has 29 heavy (non-hydrogen) atoms. The molecule has 2 heterocycles. The molecule has 0 bridgehead atoms. The van der Waals surface area contributed by atoms with Gasteiger partial charge in [-0.3, -0.25) is 4.98 Å². The summed E-state index contributed by atoms with van der Waals surface area (Å²) in [6.45, 7) is 2.78. The number of aromatic nitrogens is 2. The zero-order chi connectivity index (χ0) is 20.5. The summed E-state index contributed by atoms with van der Waals surface area (Å²) >= 11 is 0. The molecule has 0 aliphatic rings. The van der Waals surface area contributed by atoms with Crippen molar-refractivity contribution in [1.29, 1.82) is 0 Å². The Bertz CT molecular complexity index is 1110. The second kappa shape index (κ2) is 10.2. The van der Waals surface area contributed by atoms with Gasteiger partial charge in [0.25, 0.3) is 0 Å². The Morgan fingerprint density at radius 3 is 2.55 bits per heavy atom. The molecule has 0 saturated carbocycles. The second-order valence-electron chi connectivity index (χ2n) is 6.64. The van der Waals surface area contributed by atoms with E-state index >= 15 is 0 Å². The summed E-state index contributed by atoms with van der Waals surface area (Å²) in [7, 11) is 1.67. The number of H-pyrrole nitrogens is 1. The standard InChI is InChI=1S/C18H14N2O.C5H11N3/c1-21-13-8-6-12(7-9-13)17-18-15(10-11-19-17)14-4-2-3-5-16(14)20-18;1-2-3-4-5-7-8-6/h2-11,20H,1H3;2-5H2,1H3. The molecule has 4 rings (SSSR count). The Morgan fingerprint density at radius 1 is 1.03 bits per heavy atom. The van der Waals surface area contributed by atoms with Crippen molar-refractivity contribution in [2.75, 3.05) is 13.7 Å². The Kier molecular flexibility index (Phi) is 7.09. The van der Waals surface area contributed by atoms with Crippen molar-refractivity contribution >= 4 is 21.8 Å². The van der Waals surface area contributed by atoms with Crippen LogP contribution < -0.4 is 4.74 Å². The van der Waals surface area contributed by atoms with Crippen molar-refractivity contribution < 1.29 is 4.74 Å². The lowest BCUT2D eigenvalue weighted by atomic mass is 10.1. The number of hydrogen-bond donors (Lipinski definition) is 1. The smallest absolute Gasteiger partial charge is 0.118 e. The van der Waals surface area contributed by atoms with Gasteiger partial charge in [0.1, 0.15) is 5.75 Å². The fourth-order valence-electron chi connectivity index (χ4n) is 3.22. The monoisotopic (exact) mass is 387 g/mol. The number of methoxy groups -OCH3 is 1. The predicted octanol–water partition coefficient (Wildman–Crippen LogP) is 6.88. The van der Waals surface area contributed by atoms with Crippen LogP contribution in [0, 0.1) is 0 Å². The highest BCUT2D eigenvalue weighted by atomic mass is 16.5. The Balaban J connectivity index is 0.000000258. The number of fused-ring (bicyclic) bond motifs is 3. The summed E-state index contributed by atoms with van der Waals surface area (Å²) in [5, 5.41) is 5.82. The SMILES string of the molecule is CCCCCN=[N+]=[N-].COc1ccc(-c2nccc3c2[nH]c2ccccc23)cc1.